The van der Waals surface area contributed by atoms with Gasteiger partial charge in [-0.1, -0.05) is 30.4 Å². The maximum atomic E-state index is 12.7. The number of anilines is 1. The lowest BCUT2D eigenvalue weighted by Gasteiger charge is -2.25. The molecule has 1 saturated carbocycles. The maximum absolute atomic E-state index is 12.7. The molecule has 1 aliphatic heterocycles. The summed E-state index contributed by atoms with van der Waals surface area (Å²) in [5, 5.41) is 0. The zero-order valence-electron chi connectivity index (χ0n) is 10.4. The highest BCUT2D eigenvalue weighted by Gasteiger charge is 2.42. The molecule has 0 radical (unpaired) electrons. The van der Waals surface area contributed by atoms with Crippen molar-refractivity contribution < 1.29 is 4.79 Å². The Bertz CT molecular complexity index is 534. The van der Waals surface area contributed by atoms with Gasteiger partial charge in [-0.2, -0.15) is 0 Å². The number of amides is 1. The highest BCUT2D eigenvalue weighted by Crippen LogP contribution is 2.45. The zero-order chi connectivity index (χ0) is 12.1. The van der Waals surface area contributed by atoms with Crippen molar-refractivity contribution in [3.8, 4) is 0 Å². The van der Waals surface area contributed by atoms with E-state index in [1.807, 2.05) is 11.0 Å². The van der Waals surface area contributed by atoms with Crippen LogP contribution < -0.4 is 4.90 Å². The van der Waals surface area contributed by atoms with Crippen LogP contribution in [-0.4, -0.2) is 12.5 Å². The van der Waals surface area contributed by atoms with Crippen LogP contribution >= 0.6 is 0 Å². The average molecular weight is 239 g/mol. The van der Waals surface area contributed by atoms with Crippen LogP contribution in [0.3, 0.4) is 0 Å². The molecule has 92 valence electrons. The number of hydrogen-bond donors (Lipinski definition) is 0. The summed E-state index contributed by atoms with van der Waals surface area (Å²) >= 11 is 0. The fraction of sp³-hybridized carbons (Fsp3) is 0.438. The fourth-order valence-corrected chi connectivity index (χ4v) is 3.83. The zero-order valence-corrected chi connectivity index (χ0v) is 10.4. The minimum absolute atomic E-state index is 0.242. The SMILES string of the molecule is O=C(C1CC2C=CC1C2)N1CCc2ccccc21. The second-order valence-electron chi connectivity index (χ2n) is 5.76. The van der Waals surface area contributed by atoms with Gasteiger partial charge in [0.2, 0.25) is 5.91 Å². The van der Waals surface area contributed by atoms with E-state index in [1.54, 1.807) is 0 Å². The van der Waals surface area contributed by atoms with Gasteiger partial charge < -0.3 is 4.90 Å². The quantitative estimate of drug-likeness (QED) is 0.690. The molecular formula is C16H17NO. The lowest BCUT2D eigenvalue weighted by Crippen LogP contribution is -2.36. The summed E-state index contributed by atoms with van der Waals surface area (Å²) in [4.78, 5) is 14.7. The molecule has 0 spiro atoms. The minimum Gasteiger partial charge on any atom is -0.312 e. The normalized spacial score (nSPS) is 32.0. The summed E-state index contributed by atoms with van der Waals surface area (Å²) in [6.45, 7) is 0.871. The number of carbonyl (C=O) groups excluding carboxylic acids is 1. The number of carbonyl (C=O) groups is 1. The first-order valence-electron chi connectivity index (χ1n) is 6.90. The molecule has 1 amide bonds. The first-order valence-corrected chi connectivity index (χ1v) is 6.90. The van der Waals surface area contributed by atoms with Gasteiger partial charge in [0, 0.05) is 18.2 Å². The second kappa shape index (κ2) is 3.71. The summed E-state index contributed by atoms with van der Waals surface area (Å²) in [6, 6.07) is 8.32. The Morgan fingerprint density at radius 3 is 2.83 bits per heavy atom. The molecule has 2 heteroatoms. The molecule has 18 heavy (non-hydrogen) atoms. The van der Waals surface area contributed by atoms with Crippen LogP contribution in [0.15, 0.2) is 36.4 Å². The first kappa shape index (κ1) is 10.4. The Hall–Kier alpha value is -1.57. The highest BCUT2D eigenvalue weighted by molar-refractivity contribution is 5.97. The molecule has 0 saturated heterocycles. The molecule has 2 aliphatic carbocycles. The number of fused-ring (bicyclic) bond motifs is 3. The summed E-state index contributed by atoms with van der Waals surface area (Å²) in [5.41, 5.74) is 2.47. The van der Waals surface area contributed by atoms with Crippen molar-refractivity contribution in [2.75, 3.05) is 11.4 Å². The van der Waals surface area contributed by atoms with Gasteiger partial charge in [0.25, 0.3) is 0 Å². The van der Waals surface area contributed by atoms with E-state index >= 15 is 0 Å². The molecule has 1 aromatic carbocycles. The summed E-state index contributed by atoms with van der Waals surface area (Å²) in [6.07, 6.45) is 7.84. The molecule has 3 aliphatic rings. The van der Waals surface area contributed by atoms with E-state index in [0.29, 0.717) is 17.7 Å². The molecule has 3 unspecified atom stereocenters. The van der Waals surface area contributed by atoms with Gasteiger partial charge in [-0.25, -0.2) is 0 Å². The molecule has 2 bridgehead atoms. The Kier molecular flexibility index (Phi) is 2.14. The summed E-state index contributed by atoms with van der Waals surface area (Å²) < 4.78 is 0. The van der Waals surface area contributed by atoms with Gasteiger partial charge in [0.05, 0.1) is 0 Å². The number of rotatable bonds is 1. The molecule has 0 N–H and O–H groups in total. The standard InChI is InChI=1S/C16H17NO/c18-16(14-10-11-5-6-13(14)9-11)17-8-7-12-3-1-2-4-15(12)17/h1-6,11,13-14H,7-10H2. The predicted molar refractivity (Wildman–Crippen MR) is 71.3 cm³/mol. The van der Waals surface area contributed by atoms with Crippen LogP contribution in [0.4, 0.5) is 5.69 Å². The van der Waals surface area contributed by atoms with Crippen LogP contribution in [-0.2, 0) is 11.2 Å². The van der Waals surface area contributed by atoms with Gasteiger partial charge in [0.15, 0.2) is 0 Å². The highest BCUT2D eigenvalue weighted by atomic mass is 16.2. The molecule has 3 atom stereocenters. The van der Waals surface area contributed by atoms with Crippen molar-refractivity contribution in [3.63, 3.8) is 0 Å². The molecular weight excluding hydrogens is 222 g/mol. The Balaban J connectivity index is 1.62. The van der Waals surface area contributed by atoms with E-state index in [1.165, 1.54) is 12.0 Å². The van der Waals surface area contributed by atoms with E-state index in [4.69, 9.17) is 0 Å². The number of benzene rings is 1. The minimum atomic E-state index is 0.242. The Morgan fingerprint density at radius 1 is 1.17 bits per heavy atom. The van der Waals surface area contributed by atoms with Crippen molar-refractivity contribution in [1.82, 2.24) is 0 Å². The third kappa shape index (κ3) is 1.38. The van der Waals surface area contributed by atoms with Crippen LogP contribution in [0.25, 0.3) is 0 Å². The van der Waals surface area contributed by atoms with E-state index in [9.17, 15) is 4.79 Å². The predicted octanol–water partition coefficient (Wildman–Crippen LogP) is 2.79. The molecule has 1 heterocycles. The van der Waals surface area contributed by atoms with Gasteiger partial charge in [-0.3, -0.25) is 4.79 Å². The lowest BCUT2D eigenvalue weighted by atomic mass is 9.92. The van der Waals surface area contributed by atoms with E-state index in [0.717, 1.165) is 25.1 Å². The largest absolute Gasteiger partial charge is 0.312 e. The van der Waals surface area contributed by atoms with Crippen molar-refractivity contribution in [2.45, 2.75) is 19.3 Å². The molecule has 1 aromatic rings. The van der Waals surface area contributed by atoms with Gasteiger partial charge in [-0.05, 0) is 42.7 Å². The fourth-order valence-electron chi connectivity index (χ4n) is 3.83. The van der Waals surface area contributed by atoms with Crippen LogP contribution in [0.1, 0.15) is 18.4 Å². The number of hydrogen-bond acceptors (Lipinski definition) is 1. The van der Waals surface area contributed by atoms with Crippen molar-refractivity contribution >= 4 is 11.6 Å². The topological polar surface area (TPSA) is 20.3 Å². The molecule has 0 aromatic heterocycles. The molecule has 2 nitrogen and oxygen atoms in total. The molecule has 4 rings (SSSR count). The summed E-state index contributed by atoms with van der Waals surface area (Å²) in [7, 11) is 0. The third-order valence-electron chi connectivity index (χ3n) is 4.75. The van der Waals surface area contributed by atoms with Crippen LogP contribution in [0.5, 0.6) is 0 Å². The Labute approximate surface area is 107 Å². The first-order chi connectivity index (χ1) is 8.83. The third-order valence-corrected chi connectivity index (χ3v) is 4.75. The van der Waals surface area contributed by atoms with E-state index in [2.05, 4.69) is 30.4 Å². The molecule has 1 fully saturated rings. The van der Waals surface area contributed by atoms with Crippen molar-refractivity contribution in [3.05, 3.63) is 42.0 Å². The van der Waals surface area contributed by atoms with E-state index in [-0.39, 0.29) is 5.92 Å². The average Bonchev–Trinajstić information content (AvgIpc) is 3.12. The smallest absolute Gasteiger partial charge is 0.230 e. The van der Waals surface area contributed by atoms with E-state index < -0.39 is 0 Å². The van der Waals surface area contributed by atoms with Crippen molar-refractivity contribution in [1.29, 1.82) is 0 Å². The maximum Gasteiger partial charge on any atom is 0.230 e. The van der Waals surface area contributed by atoms with Gasteiger partial charge in [-0.15, -0.1) is 0 Å². The summed E-state index contributed by atoms with van der Waals surface area (Å²) in [5.74, 6) is 1.78. The number of allylic oxidation sites excluding steroid dienone is 2. The second-order valence-corrected chi connectivity index (χ2v) is 5.76. The monoisotopic (exact) mass is 239 g/mol. The van der Waals surface area contributed by atoms with Crippen molar-refractivity contribution in [2.24, 2.45) is 17.8 Å². The van der Waals surface area contributed by atoms with Gasteiger partial charge in [0.1, 0.15) is 0 Å². The Morgan fingerprint density at radius 2 is 2.06 bits per heavy atom. The number of nitrogens with zero attached hydrogens (tertiary/aromatic N) is 1. The number of para-hydroxylation sites is 1. The van der Waals surface area contributed by atoms with Crippen LogP contribution in [0.2, 0.25) is 0 Å². The van der Waals surface area contributed by atoms with Gasteiger partial charge >= 0.3 is 0 Å². The van der Waals surface area contributed by atoms with Crippen LogP contribution in [0, 0.1) is 17.8 Å². The lowest BCUT2D eigenvalue weighted by molar-refractivity contribution is -0.123.